The van der Waals surface area contributed by atoms with Crippen LogP contribution in [0.1, 0.15) is 18.9 Å². The topological polar surface area (TPSA) is 127 Å². The maximum Gasteiger partial charge on any atom is 0.329 e. The molecule has 3 N–H and O–H groups in total. The molecule has 3 amide bonds. The Kier molecular flexibility index (Phi) is 8.58. The maximum absolute atomic E-state index is 12.3. The van der Waals surface area contributed by atoms with E-state index in [1.165, 1.54) is 21.3 Å². The first kappa shape index (κ1) is 24.2. The molecule has 10 heteroatoms. The van der Waals surface area contributed by atoms with E-state index in [9.17, 15) is 14.4 Å². The van der Waals surface area contributed by atoms with E-state index in [-0.39, 0.29) is 12.3 Å². The molecule has 0 saturated carbocycles. The number of nitrogens with one attached hydrogen (secondary N) is 3. The van der Waals surface area contributed by atoms with E-state index in [0.717, 1.165) is 5.56 Å². The van der Waals surface area contributed by atoms with Gasteiger partial charge < -0.3 is 24.8 Å². The number of anilines is 2. The first-order chi connectivity index (χ1) is 15.3. The summed E-state index contributed by atoms with van der Waals surface area (Å²) in [6, 6.07) is 10.1. The van der Waals surface area contributed by atoms with Gasteiger partial charge >= 0.3 is 11.8 Å². The van der Waals surface area contributed by atoms with E-state index in [1.54, 1.807) is 37.3 Å². The van der Waals surface area contributed by atoms with Crippen LogP contribution in [0.4, 0.5) is 11.4 Å². The highest BCUT2D eigenvalue weighted by atomic mass is 16.5. The van der Waals surface area contributed by atoms with Crippen LogP contribution in [0.5, 0.6) is 17.2 Å². The highest BCUT2D eigenvalue weighted by Gasteiger charge is 2.16. The van der Waals surface area contributed by atoms with Gasteiger partial charge in [-0.25, -0.2) is 5.43 Å². The minimum atomic E-state index is -0.981. The number of hydrogen-bond acceptors (Lipinski definition) is 7. The van der Waals surface area contributed by atoms with Gasteiger partial charge in [0, 0.05) is 11.8 Å². The Labute approximate surface area is 185 Å². The second-order valence-corrected chi connectivity index (χ2v) is 6.74. The van der Waals surface area contributed by atoms with Crippen molar-refractivity contribution in [2.75, 3.05) is 32.0 Å². The molecule has 0 heterocycles. The summed E-state index contributed by atoms with van der Waals surface area (Å²) in [6.45, 7) is 3.39. The Morgan fingerprint density at radius 2 is 1.56 bits per heavy atom. The van der Waals surface area contributed by atoms with Crippen LogP contribution in [0.2, 0.25) is 0 Å². The summed E-state index contributed by atoms with van der Waals surface area (Å²) >= 11 is 0. The molecular formula is C22H26N4O6. The molecule has 0 aliphatic rings. The van der Waals surface area contributed by atoms with Crippen molar-refractivity contribution in [3.8, 4) is 17.2 Å². The molecule has 0 fully saturated rings. The number of carbonyl (C=O) groups excluding carboxylic acids is 3. The third-order valence-electron chi connectivity index (χ3n) is 4.26. The molecule has 2 aromatic rings. The standard InChI is InChI=1S/C22H26N4O6/c1-13-6-9-18(31-4)17(10-13)24-21(28)22(29)26-25-14(2)11-20(27)23-16-8-7-15(30-3)12-19(16)32-5/h6-10,12H,11H2,1-5H3,(H,23,27)(H,24,28)(H,26,29). The lowest BCUT2D eigenvalue weighted by Crippen LogP contribution is -2.33. The number of hydrazone groups is 1. The van der Waals surface area contributed by atoms with E-state index < -0.39 is 11.8 Å². The lowest BCUT2D eigenvalue weighted by atomic mass is 10.2. The third kappa shape index (κ3) is 6.73. The number of carbonyl (C=O) groups is 3. The maximum atomic E-state index is 12.3. The zero-order valence-electron chi connectivity index (χ0n) is 18.6. The SMILES string of the molecule is COc1ccc(NC(=O)CC(C)=NNC(=O)C(=O)Nc2cc(C)ccc2OC)c(OC)c1. The lowest BCUT2D eigenvalue weighted by Gasteiger charge is -2.12. The van der Waals surface area contributed by atoms with Gasteiger partial charge in [-0.15, -0.1) is 0 Å². The van der Waals surface area contributed by atoms with Gasteiger partial charge in [0.2, 0.25) is 5.91 Å². The van der Waals surface area contributed by atoms with Crippen LogP contribution in [0.15, 0.2) is 41.5 Å². The van der Waals surface area contributed by atoms with Gasteiger partial charge in [0.05, 0.1) is 39.1 Å². The minimum absolute atomic E-state index is 0.108. The summed E-state index contributed by atoms with van der Waals surface area (Å²) in [7, 11) is 4.46. The minimum Gasteiger partial charge on any atom is -0.497 e. The molecule has 10 nitrogen and oxygen atoms in total. The fourth-order valence-electron chi connectivity index (χ4n) is 2.66. The van der Waals surface area contributed by atoms with Crippen molar-refractivity contribution >= 4 is 34.8 Å². The molecule has 0 spiro atoms. The van der Waals surface area contributed by atoms with Crippen LogP contribution in [-0.4, -0.2) is 44.8 Å². The van der Waals surface area contributed by atoms with E-state index >= 15 is 0 Å². The van der Waals surface area contributed by atoms with E-state index in [2.05, 4.69) is 21.2 Å². The van der Waals surface area contributed by atoms with Crippen molar-refractivity contribution in [3.63, 3.8) is 0 Å². The summed E-state index contributed by atoms with van der Waals surface area (Å²) in [4.78, 5) is 36.5. The number of rotatable bonds is 8. The van der Waals surface area contributed by atoms with Crippen LogP contribution in [0.25, 0.3) is 0 Å². The molecule has 0 atom stereocenters. The number of benzene rings is 2. The summed E-state index contributed by atoms with van der Waals surface area (Å²) < 4.78 is 15.5. The van der Waals surface area contributed by atoms with Gasteiger partial charge in [0.1, 0.15) is 17.2 Å². The molecule has 0 saturated heterocycles. The molecule has 0 aromatic heterocycles. The molecule has 0 unspecified atom stereocenters. The van der Waals surface area contributed by atoms with Crippen LogP contribution in [0, 0.1) is 6.92 Å². The fourth-order valence-corrected chi connectivity index (χ4v) is 2.66. The number of amides is 3. The molecule has 2 aromatic carbocycles. The molecular weight excluding hydrogens is 416 g/mol. The van der Waals surface area contributed by atoms with Crippen molar-refractivity contribution in [2.24, 2.45) is 5.10 Å². The van der Waals surface area contributed by atoms with Crippen molar-refractivity contribution < 1.29 is 28.6 Å². The van der Waals surface area contributed by atoms with E-state index in [0.29, 0.717) is 34.3 Å². The van der Waals surface area contributed by atoms with Gasteiger partial charge in [0.25, 0.3) is 0 Å². The molecule has 0 bridgehead atoms. The summed E-state index contributed by atoms with van der Waals surface area (Å²) in [5, 5.41) is 8.98. The fraction of sp³-hybridized carbons (Fsp3) is 0.273. The van der Waals surface area contributed by atoms with Crippen LogP contribution in [0.3, 0.4) is 0 Å². The normalized spacial score (nSPS) is 10.7. The molecule has 170 valence electrons. The Morgan fingerprint density at radius 3 is 2.22 bits per heavy atom. The van der Waals surface area contributed by atoms with Crippen LogP contribution < -0.4 is 30.3 Å². The van der Waals surface area contributed by atoms with Crippen molar-refractivity contribution in [1.82, 2.24) is 5.43 Å². The van der Waals surface area contributed by atoms with E-state index in [4.69, 9.17) is 14.2 Å². The molecule has 32 heavy (non-hydrogen) atoms. The Hall–Kier alpha value is -4.08. The molecule has 0 aliphatic heterocycles. The average Bonchev–Trinajstić information content (AvgIpc) is 2.77. The lowest BCUT2D eigenvalue weighted by molar-refractivity contribution is -0.136. The van der Waals surface area contributed by atoms with Crippen LogP contribution in [-0.2, 0) is 14.4 Å². The molecule has 0 radical (unpaired) electrons. The zero-order valence-corrected chi connectivity index (χ0v) is 18.6. The van der Waals surface area contributed by atoms with E-state index in [1.807, 2.05) is 13.0 Å². The monoisotopic (exact) mass is 442 g/mol. The zero-order chi connectivity index (χ0) is 23.7. The molecule has 0 aliphatic carbocycles. The summed E-state index contributed by atoms with van der Waals surface area (Å²) in [6.07, 6.45) is -0.108. The Bertz CT molecular complexity index is 1040. The predicted octanol–water partition coefficient (Wildman–Crippen LogP) is 2.48. The Morgan fingerprint density at radius 1 is 0.844 bits per heavy atom. The number of ether oxygens (including phenoxy) is 3. The van der Waals surface area contributed by atoms with Gasteiger partial charge in [-0.3, -0.25) is 14.4 Å². The highest BCUT2D eigenvalue weighted by molar-refractivity contribution is 6.39. The van der Waals surface area contributed by atoms with Crippen molar-refractivity contribution in [3.05, 3.63) is 42.0 Å². The smallest absolute Gasteiger partial charge is 0.329 e. The molecule has 2 rings (SSSR count). The highest BCUT2D eigenvalue weighted by Crippen LogP contribution is 2.29. The number of aryl methyl sites for hydroxylation is 1. The predicted molar refractivity (Wildman–Crippen MR) is 120 cm³/mol. The third-order valence-corrected chi connectivity index (χ3v) is 4.26. The van der Waals surface area contributed by atoms with Crippen LogP contribution >= 0.6 is 0 Å². The average molecular weight is 442 g/mol. The second-order valence-electron chi connectivity index (χ2n) is 6.74. The summed E-state index contributed by atoms with van der Waals surface area (Å²) in [5.74, 6) is -0.839. The van der Waals surface area contributed by atoms with Gasteiger partial charge in [0.15, 0.2) is 0 Å². The number of hydrogen-bond donors (Lipinski definition) is 3. The van der Waals surface area contributed by atoms with Gasteiger partial charge in [-0.2, -0.15) is 5.10 Å². The Balaban J connectivity index is 1.93. The second kappa shape index (κ2) is 11.3. The number of nitrogens with zero attached hydrogens (tertiary/aromatic N) is 1. The van der Waals surface area contributed by atoms with Crippen molar-refractivity contribution in [2.45, 2.75) is 20.3 Å². The van der Waals surface area contributed by atoms with Gasteiger partial charge in [-0.1, -0.05) is 6.07 Å². The first-order valence-electron chi connectivity index (χ1n) is 9.58. The van der Waals surface area contributed by atoms with Crippen molar-refractivity contribution in [1.29, 1.82) is 0 Å². The quantitative estimate of drug-likeness (QED) is 0.327. The van der Waals surface area contributed by atoms with Gasteiger partial charge in [-0.05, 0) is 43.7 Å². The largest absolute Gasteiger partial charge is 0.497 e. The first-order valence-corrected chi connectivity index (χ1v) is 9.58. The summed E-state index contributed by atoms with van der Waals surface area (Å²) in [5.41, 5.74) is 4.14. The number of methoxy groups -OCH3 is 3.